The molecule has 0 unspecified atom stereocenters. The van der Waals surface area contributed by atoms with Crippen molar-refractivity contribution in [2.45, 2.75) is 0 Å². The molecule has 0 aliphatic rings. The fourth-order valence-electron chi connectivity index (χ4n) is 1.15. The second-order valence-corrected chi connectivity index (χ2v) is 2.92. The topological polar surface area (TPSA) is 38.9 Å². The third kappa shape index (κ3) is 2.28. The van der Waals surface area contributed by atoms with Crippen LogP contribution in [0.2, 0.25) is 0 Å². The second kappa shape index (κ2) is 4.04. The van der Waals surface area contributed by atoms with E-state index in [1.54, 1.807) is 24.4 Å². The van der Waals surface area contributed by atoms with E-state index < -0.39 is 5.83 Å². The molecule has 0 saturated heterocycles. The molecular weight excluding hydrogens is 195 g/mol. The van der Waals surface area contributed by atoms with Crippen molar-refractivity contribution in [3.05, 3.63) is 49.0 Å². The molecule has 3 nitrogen and oxygen atoms in total. The van der Waals surface area contributed by atoms with Crippen LogP contribution < -0.4 is 0 Å². The van der Waals surface area contributed by atoms with Crippen LogP contribution in [-0.4, -0.2) is 10.1 Å². The quantitative estimate of drug-likeness (QED) is 0.753. The Morgan fingerprint density at radius 3 is 2.93 bits per heavy atom. The standard InChI is InChI=1S/C11H8FN2O/c1-8(12)6-9-7-11(14-15-9)10-4-2-3-5-13-10/h2-7H,1H2/b8-6+. The molecule has 75 valence electrons. The van der Waals surface area contributed by atoms with Gasteiger partial charge in [0.1, 0.15) is 11.5 Å². The average Bonchev–Trinajstić information content (AvgIpc) is 2.67. The molecule has 1 radical (unpaired) electrons. The van der Waals surface area contributed by atoms with Crippen molar-refractivity contribution in [1.29, 1.82) is 0 Å². The van der Waals surface area contributed by atoms with Gasteiger partial charge in [0.15, 0.2) is 5.76 Å². The molecule has 0 atom stereocenters. The summed E-state index contributed by atoms with van der Waals surface area (Å²) in [5.41, 5.74) is 1.26. The van der Waals surface area contributed by atoms with Crippen LogP contribution in [-0.2, 0) is 0 Å². The van der Waals surface area contributed by atoms with Gasteiger partial charge in [-0.2, -0.15) is 0 Å². The summed E-state index contributed by atoms with van der Waals surface area (Å²) < 4.78 is 17.3. The van der Waals surface area contributed by atoms with Gasteiger partial charge in [-0.1, -0.05) is 11.2 Å². The van der Waals surface area contributed by atoms with E-state index in [2.05, 4.69) is 17.1 Å². The monoisotopic (exact) mass is 203 g/mol. The van der Waals surface area contributed by atoms with Crippen molar-refractivity contribution in [2.75, 3.05) is 0 Å². The number of halogens is 1. The molecule has 0 aromatic carbocycles. The lowest BCUT2D eigenvalue weighted by molar-refractivity contribution is 0.414. The van der Waals surface area contributed by atoms with Crippen LogP contribution in [0.3, 0.4) is 0 Å². The highest BCUT2D eigenvalue weighted by atomic mass is 19.1. The average molecular weight is 203 g/mol. The van der Waals surface area contributed by atoms with Gasteiger partial charge in [-0.3, -0.25) is 4.98 Å². The van der Waals surface area contributed by atoms with Gasteiger partial charge in [0, 0.05) is 25.3 Å². The van der Waals surface area contributed by atoms with Crippen molar-refractivity contribution in [1.82, 2.24) is 10.1 Å². The van der Waals surface area contributed by atoms with Crippen molar-refractivity contribution in [3.8, 4) is 11.4 Å². The lowest BCUT2D eigenvalue weighted by Gasteiger charge is -1.90. The summed E-state index contributed by atoms with van der Waals surface area (Å²) in [6, 6.07) is 7.05. The fraction of sp³-hybridized carbons (Fsp3) is 0. The van der Waals surface area contributed by atoms with Crippen LogP contribution in [0, 0.1) is 6.92 Å². The fourth-order valence-corrected chi connectivity index (χ4v) is 1.15. The minimum Gasteiger partial charge on any atom is -0.356 e. The van der Waals surface area contributed by atoms with Gasteiger partial charge in [0.05, 0.1) is 5.69 Å². The van der Waals surface area contributed by atoms with E-state index in [1.165, 1.54) is 6.08 Å². The number of hydrogen-bond acceptors (Lipinski definition) is 3. The molecule has 0 aliphatic heterocycles. The third-order valence-electron chi connectivity index (χ3n) is 1.75. The summed E-state index contributed by atoms with van der Waals surface area (Å²) in [6.07, 6.45) is 2.82. The van der Waals surface area contributed by atoms with Gasteiger partial charge in [-0.05, 0) is 12.1 Å². The van der Waals surface area contributed by atoms with Gasteiger partial charge >= 0.3 is 0 Å². The normalized spacial score (nSPS) is 11.7. The number of rotatable bonds is 2. The highest BCUT2D eigenvalue weighted by molar-refractivity contribution is 5.58. The summed E-state index contributed by atoms with van der Waals surface area (Å²) in [7, 11) is 0. The first-order valence-corrected chi connectivity index (χ1v) is 4.33. The molecule has 0 N–H and O–H groups in total. The van der Waals surface area contributed by atoms with Crippen molar-refractivity contribution in [2.24, 2.45) is 0 Å². The van der Waals surface area contributed by atoms with Gasteiger partial charge < -0.3 is 4.52 Å². The Labute approximate surface area is 86.2 Å². The van der Waals surface area contributed by atoms with Crippen LogP contribution in [0.4, 0.5) is 4.39 Å². The van der Waals surface area contributed by atoms with E-state index in [4.69, 9.17) is 4.52 Å². The molecule has 2 aromatic rings. The van der Waals surface area contributed by atoms with E-state index in [1.807, 2.05) is 6.07 Å². The molecule has 0 spiro atoms. The van der Waals surface area contributed by atoms with Crippen LogP contribution >= 0.6 is 0 Å². The van der Waals surface area contributed by atoms with Crippen LogP contribution in [0.5, 0.6) is 0 Å². The molecule has 0 bridgehead atoms. The number of aromatic nitrogens is 2. The molecule has 15 heavy (non-hydrogen) atoms. The van der Waals surface area contributed by atoms with Crippen molar-refractivity contribution < 1.29 is 8.91 Å². The van der Waals surface area contributed by atoms with Gasteiger partial charge in [0.2, 0.25) is 0 Å². The largest absolute Gasteiger partial charge is 0.356 e. The van der Waals surface area contributed by atoms with E-state index in [0.29, 0.717) is 17.1 Å². The maximum atomic E-state index is 12.4. The Morgan fingerprint density at radius 1 is 1.40 bits per heavy atom. The zero-order chi connectivity index (χ0) is 10.7. The summed E-state index contributed by atoms with van der Waals surface area (Å²) in [5.74, 6) is -0.248. The first-order chi connectivity index (χ1) is 7.25. The number of hydrogen-bond donors (Lipinski definition) is 0. The highest BCUT2D eigenvalue weighted by Crippen LogP contribution is 2.17. The third-order valence-corrected chi connectivity index (χ3v) is 1.75. The van der Waals surface area contributed by atoms with E-state index in [-0.39, 0.29) is 0 Å². The SMILES string of the molecule is [CH2]/C(F)=C\c1cc(-c2ccccn2)no1. The van der Waals surface area contributed by atoms with Gasteiger partial charge in [0.25, 0.3) is 0 Å². The maximum Gasteiger partial charge on any atom is 0.162 e. The summed E-state index contributed by atoms with van der Waals surface area (Å²) in [5, 5.41) is 3.76. The Balaban J connectivity index is 2.32. The molecule has 2 aromatic heterocycles. The lowest BCUT2D eigenvalue weighted by Crippen LogP contribution is -1.79. The Bertz CT molecular complexity index is 472. The zero-order valence-corrected chi connectivity index (χ0v) is 7.85. The summed E-state index contributed by atoms with van der Waals surface area (Å²) in [4.78, 5) is 4.09. The minimum absolute atomic E-state index is 0.322. The van der Waals surface area contributed by atoms with Crippen molar-refractivity contribution >= 4 is 6.08 Å². The predicted octanol–water partition coefficient (Wildman–Crippen LogP) is 2.88. The number of allylic oxidation sites excluding steroid dienone is 1. The summed E-state index contributed by atoms with van der Waals surface area (Å²) in [6.45, 7) is 3.11. The number of nitrogens with zero attached hydrogens (tertiary/aromatic N) is 2. The second-order valence-electron chi connectivity index (χ2n) is 2.92. The molecule has 2 rings (SSSR count). The van der Waals surface area contributed by atoms with E-state index in [9.17, 15) is 4.39 Å². The Hall–Kier alpha value is -1.97. The molecular formula is C11H8FN2O. The first kappa shape index (κ1) is 9.58. The smallest absolute Gasteiger partial charge is 0.162 e. The molecule has 0 aliphatic carbocycles. The molecule has 0 fully saturated rings. The zero-order valence-electron chi connectivity index (χ0n) is 7.85. The van der Waals surface area contributed by atoms with Crippen LogP contribution in [0.25, 0.3) is 17.5 Å². The summed E-state index contributed by atoms with van der Waals surface area (Å²) >= 11 is 0. The molecule has 4 heteroatoms. The maximum absolute atomic E-state index is 12.4. The van der Waals surface area contributed by atoms with Gasteiger partial charge in [-0.25, -0.2) is 4.39 Å². The van der Waals surface area contributed by atoms with E-state index in [0.717, 1.165) is 0 Å². The van der Waals surface area contributed by atoms with E-state index >= 15 is 0 Å². The van der Waals surface area contributed by atoms with Crippen LogP contribution in [0.15, 0.2) is 40.8 Å². The highest BCUT2D eigenvalue weighted by Gasteiger charge is 2.05. The minimum atomic E-state index is -0.571. The Morgan fingerprint density at radius 2 is 2.27 bits per heavy atom. The van der Waals surface area contributed by atoms with Crippen molar-refractivity contribution in [3.63, 3.8) is 0 Å². The molecule has 0 saturated carbocycles. The molecule has 2 heterocycles. The van der Waals surface area contributed by atoms with Gasteiger partial charge in [-0.15, -0.1) is 0 Å². The predicted molar refractivity (Wildman–Crippen MR) is 54.2 cm³/mol. The molecule has 0 amide bonds. The lowest BCUT2D eigenvalue weighted by atomic mass is 10.2. The first-order valence-electron chi connectivity index (χ1n) is 4.33. The Kier molecular flexibility index (Phi) is 2.58. The van der Waals surface area contributed by atoms with Crippen LogP contribution in [0.1, 0.15) is 5.76 Å². The number of pyridine rings is 1.